The van der Waals surface area contributed by atoms with E-state index < -0.39 is 0 Å². The van der Waals surface area contributed by atoms with Crippen molar-refractivity contribution >= 4 is 11.3 Å². The molecule has 20 heavy (non-hydrogen) atoms. The Labute approximate surface area is 123 Å². The van der Waals surface area contributed by atoms with Crippen molar-refractivity contribution in [3.63, 3.8) is 0 Å². The van der Waals surface area contributed by atoms with Crippen LogP contribution in [0.4, 0.5) is 4.39 Å². The first-order valence-electron chi connectivity index (χ1n) is 7.38. The monoisotopic (exact) mass is 289 g/mol. The zero-order valence-corrected chi connectivity index (χ0v) is 12.6. The number of hydrogen-bond donors (Lipinski definition) is 1. The van der Waals surface area contributed by atoms with Crippen LogP contribution in [0.5, 0.6) is 0 Å². The molecular formula is C17H20FNS. The topological polar surface area (TPSA) is 12.0 Å². The zero-order valence-electron chi connectivity index (χ0n) is 11.8. The van der Waals surface area contributed by atoms with E-state index in [-0.39, 0.29) is 11.9 Å². The second-order valence-electron chi connectivity index (χ2n) is 5.39. The molecule has 0 saturated heterocycles. The average molecular weight is 289 g/mol. The second kappa shape index (κ2) is 6.06. The maximum absolute atomic E-state index is 13.1. The molecule has 2 aromatic rings. The predicted molar refractivity (Wildman–Crippen MR) is 82.9 cm³/mol. The first-order chi connectivity index (χ1) is 9.78. The quantitative estimate of drug-likeness (QED) is 0.856. The summed E-state index contributed by atoms with van der Waals surface area (Å²) in [7, 11) is 0. The van der Waals surface area contributed by atoms with Crippen molar-refractivity contribution in [2.24, 2.45) is 0 Å². The van der Waals surface area contributed by atoms with E-state index in [1.165, 1.54) is 29.7 Å². The summed E-state index contributed by atoms with van der Waals surface area (Å²) in [6.07, 6.45) is 4.84. The number of benzene rings is 1. The van der Waals surface area contributed by atoms with Gasteiger partial charge in [0.15, 0.2) is 0 Å². The van der Waals surface area contributed by atoms with E-state index in [4.69, 9.17) is 0 Å². The largest absolute Gasteiger partial charge is 0.306 e. The molecule has 0 amide bonds. The summed E-state index contributed by atoms with van der Waals surface area (Å²) in [4.78, 5) is 2.92. The standard InChI is InChI=1S/C17H20FNS/c1-2-10-19-17(12-6-8-14(18)9-7-12)16-11-13-4-3-5-15(13)20-16/h6-9,11,17,19H,2-5,10H2,1H3. The Morgan fingerprint density at radius 3 is 2.75 bits per heavy atom. The highest BCUT2D eigenvalue weighted by Crippen LogP contribution is 2.36. The third kappa shape index (κ3) is 2.79. The molecule has 1 nitrogen and oxygen atoms in total. The third-order valence-corrected chi connectivity index (χ3v) is 5.15. The molecule has 1 aliphatic carbocycles. The summed E-state index contributed by atoms with van der Waals surface area (Å²) >= 11 is 1.92. The van der Waals surface area contributed by atoms with Crippen LogP contribution in [0.25, 0.3) is 0 Å². The van der Waals surface area contributed by atoms with E-state index in [1.807, 2.05) is 23.5 Å². The Bertz CT molecular complexity index is 552. The summed E-state index contributed by atoms with van der Waals surface area (Å²) in [5, 5.41) is 3.60. The van der Waals surface area contributed by atoms with Gasteiger partial charge in [-0.3, -0.25) is 0 Å². The number of thiophene rings is 1. The maximum Gasteiger partial charge on any atom is 0.123 e. The van der Waals surface area contributed by atoms with E-state index in [0.717, 1.165) is 18.5 Å². The summed E-state index contributed by atoms with van der Waals surface area (Å²) in [6, 6.07) is 9.45. The molecule has 0 saturated carbocycles. The second-order valence-corrected chi connectivity index (χ2v) is 6.56. The minimum absolute atomic E-state index is 0.170. The first-order valence-corrected chi connectivity index (χ1v) is 8.20. The van der Waals surface area contributed by atoms with E-state index in [1.54, 1.807) is 17.0 Å². The first kappa shape index (κ1) is 13.8. The fourth-order valence-corrected chi connectivity index (χ4v) is 4.18. The lowest BCUT2D eigenvalue weighted by molar-refractivity contribution is 0.599. The molecule has 1 aromatic carbocycles. The van der Waals surface area contributed by atoms with Gasteiger partial charge in [0.25, 0.3) is 0 Å². The minimum Gasteiger partial charge on any atom is -0.306 e. The molecule has 1 aromatic heterocycles. The van der Waals surface area contributed by atoms with E-state index in [2.05, 4.69) is 18.3 Å². The molecule has 0 fully saturated rings. The Hall–Kier alpha value is -1.19. The van der Waals surface area contributed by atoms with Crippen molar-refractivity contribution in [1.29, 1.82) is 0 Å². The van der Waals surface area contributed by atoms with Gasteiger partial charge < -0.3 is 5.32 Å². The van der Waals surface area contributed by atoms with Crippen LogP contribution in [-0.2, 0) is 12.8 Å². The molecule has 106 valence electrons. The Morgan fingerprint density at radius 2 is 2.05 bits per heavy atom. The minimum atomic E-state index is -0.170. The van der Waals surface area contributed by atoms with Crippen LogP contribution in [0.1, 0.15) is 46.7 Å². The number of nitrogens with one attached hydrogen (secondary N) is 1. The van der Waals surface area contributed by atoms with Gasteiger partial charge in [-0.1, -0.05) is 19.1 Å². The van der Waals surface area contributed by atoms with Crippen LogP contribution in [0.2, 0.25) is 0 Å². The van der Waals surface area contributed by atoms with Crippen LogP contribution in [0, 0.1) is 5.82 Å². The predicted octanol–water partition coefficient (Wildman–Crippen LogP) is 4.46. The highest BCUT2D eigenvalue weighted by molar-refractivity contribution is 7.12. The van der Waals surface area contributed by atoms with Crippen LogP contribution in [-0.4, -0.2) is 6.54 Å². The van der Waals surface area contributed by atoms with Crippen molar-refractivity contribution in [2.45, 2.75) is 38.6 Å². The molecular weight excluding hydrogens is 269 g/mol. The van der Waals surface area contributed by atoms with Crippen LogP contribution < -0.4 is 5.32 Å². The van der Waals surface area contributed by atoms with Crippen molar-refractivity contribution in [3.8, 4) is 0 Å². The number of hydrogen-bond acceptors (Lipinski definition) is 2. The van der Waals surface area contributed by atoms with Crippen molar-refractivity contribution in [3.05, 3.63) is 57.0 Å². The lowest BCUT2D eigenvalue weighted by Crippen LogP contribution is -2.22. The molecule has 3 heteroatoms. The summed E-state index contributed by atoms with van der Waals surface area (Å²) in [6.45, 7) is 3.15. The van der Waals surface area contributed by atoms with E-state index in [9.17, 15) is 4.39 Å². The van der Waals surface area contributed by atoms with Gasteiger partial charge in [-0.25, -0.2) is 4.39 Å². The van der Waals surface area contributed by atoms with Gasteiger partial charge in [-0.2, -0.15) is 0 Å². The fourth-order valence-electron chi connectivity index (χ4n) is 2.82. The molecule has 1 heterocycles. The average Bonchev–Trinajstić information content (AvgIpc) is 3.02. The van der Waals surface area contributed by atoms with E-state index >= 15 is 0 Å². The summed E-state index contributed by atoms with van der Waals surface area (Å²) < 4.78 is 13.1. The highest BCUT2D eigenvalue weighted by Gasteiger charge is 2.21. The van der Waals surface area contributed by atoms with Gasteiger partial charge in [0, 0.05) is 9.75 Å². The Kier molecular flexibility index (Phi) is 4.18. The number of rotatable bonds is 5. The van der Waals surface area contributed by atoms with Crippen LogP contribution in [0.3, 0.4) is 0 Å². The molecule has 1 aliphatic rings. The smallest absolute Gasteiger partial charge is 0.123 e. The molecule has 1 atom stereocenters. The molecule has 0 bridgehead atoms. The summed E-state index contributed by atoms with van der Waals surface area (Å²) in [5.74, 6) is -0.170. The number of halogens is 1. The fraction of sp³-hybridized carbons (Fsp3) is 0.412. The Balaban J connectivity index is 1.90. The van der Waals surface area contributed by atoms with Crippen molar-refractivity contribution in [1.82, 2.24) is 5.32 Å². The van der Waals surface area contributed by atoms with Crippen LogP contribution >= 0.6 is 11.3 Å². The normalized spacial score (nSPS) is 15.3. The molecule has 0 aliphatic heterocycles. The van der Waals surface area contributed by atoms with Gasteiger partial charge in [-0.15, -0.1) is 11.3 Å². The molecule has 1 unspecified atom stereocenters. The van der Waals surface area contributed by atoms with Crippen molar-refractivity contribution < 1.29 is 4.39 Å². The van der Waals surface area contributed by atoms with Gasteiger partial charge >= 0.3 is 0 Å². The molecule has 3 rings (SSSR count). The van der Waals surface area contributed by atoms with Crippen molar-refractivity contribution in [2.75, 3.05) is 6.54 Å². The van der Waals surface area contributed by atoms with E-state index in [0.29, 0.717) is 0 Å². The summed E-state index contributed by atoms with van der Waals surface area (Å²) in [5.41, 5.74) is 2.68. The van der Waals surface area contributed by atoms with Gasteiger partial charge in [0.2, 0.25) is 0 Å². The molecule has 1 N–H and O–H groups in total. The lowest BCUT2D eigenvalue weighted by Gasteiger charge is -2.18. The number of aryl methyl sites for hydroxylation is 2. The maximum atomic E-state index is 13.1. The Morgan fingerprint density at radius 1 is 1.25 bits per heavy atom. The zero-order chi connectivity index (χ0) is 13.9. The van der Waals surface area contributed by atoms with Gasteiger partial charge in [0.05, 0.1) is 6.04 Å². The molecule has 0 spiro atoms. The van der Waals surface area contributed by atoms with Gasteiger partial charge in [0.1, 0.15) is 5.82 Å². The SMILES string of the molecule is CCCNC(c1ccc(F)cc1)c1cc2c(s1)CCC2. The highest BCUT2D eigenvalue weighted by atomic mass is 32.1. The van der Waals surface area contributed by atoms with Crippen LogP contribution in [0.15, 0.2) is 30.3 Å². The van der Waals surface area contributed by atoms with Gasteiger partial charge in [-0.05, 0) is 61.6 Å². The lowest BCUT2D eigenvalue weighted by atomic mass is 10.0. The third-order valence-electron chi connectivity index (χ3n) is 3.85. The molecule has 0 radical (unpaired) electrons. The number of fused-ring (bicyclic) bond motifs is 1.